The second kappa shape index (κ2) is 5.39. The van der Waals surface area contributed by atoms with Crippen molar-refractivity contribution in [3.63, 3.8) is 0 Å². The van der Waals surface area contributed by atoms with Crippen LogP contribution in [0, 0.1) is 0 Å². The number of hydrogen-bond acceptors (Lipinski definition) is 2. The van der Waals surface area contributed by atoms with Gasteiger partial charge in [-0.3, -0.25) is 0 Å². The van der Waals surface area contributed by atoms with Gasteiger partial charge in [0.2, 0.25) is 0 Å². The zero-order chi connectivity index (χ0) is 12.3. The van der Waals surface area contributed by atoms with E-state index in [0.717, 1.165) is 18.4 Å². The molecular weight excluding hydrogens is 236 g/mol. The minimum absolute atomic E-state index is 0.293. The Morgan fingerprint density at radius 3 is 2.41 bits per heavy atom. The molecule has 0 saturated carbocycles. The van der Waals surface area contributed by atoms with E-state index in [0.29, 0.717) is 11.0 Å². The van der Waals surface area contributed by atoms with Crippen LogP contribution >= 0.6 is 11.6 Å². The maximum atomic E-state index is 10.1. The fourth-order valence-electron chi connectivity index (χ4n) is 1.79. The summed E-state index contributed by atoms with van der Waals surface area (Å²) in [6, 6.07) is 11.2. The average molecular weight is 251 g/mol. The summed E-state index contributed by atoms with van der Waals surface area (Å²) in [5.74, 6) is 0.471. The maximum absolute atomic E-state index is 10.1. The Balaban J connectivity index is 2.16. The normalized spacial score (nSPS) is 12.6. The SMILES string of the molecule is CCCc1ccc(C(O)c2ccc(Cl)o2)cc1. The fraction of sp³-hybridized carbons (Fsp3) is 0.286. The Hall–Kier alpha value is -1.25. The van der Waals surface area contributed by atoms with E-state index in [1.54, 1.807) is 12.1 Å². The molecule has 1 heterocycles. The van der Waals surface area contributed by atoms with Crippen LogP contribution < -0.4 is 0 Å². The standard InChI is InChI=1S/C14H15ClO2/c1-2-3-10-4-6-11(7-5-10)14(16)12-8-9-13(15)17-12/h4-9,14,16H,2-3H2,1H3. The van der Waals surface area contributed by atoms with Gasteiger partial charge in [-0.15, -0.1) is 0 Å². The molecule has 17 heavy (non-hydrogen) atoms. The highest BCUT2D eigenvalue weighted by atomic mass is 35.5. The van der Waals surface area contributed by atoms with Crippen LogP contribution in [0.3, 0.4) is 0 Å². The number of halogens is 1. The number of aliphatic hydroxyl groups is 1. The van der Waals surface area contributed by atoms with Crippen LogP contribution in [0.2, 0.25) is 5.22 Å². The van der Waals surface area contributed by atoms with E-state index in [4.69, 9.17) is 16.0 Å². The minimum atomic E-state index is -0.752. The van der Waals surface area contributed by atoms with Gasteiger partial charge < -0.3 is 9.52 Å². The number of hydrogen-bond donors (Lipinski definition) is 1. The summed E-state index contributed by atoms with van der Waals surface area (Å²) in [6.45, 7) is 2.15. The van der Waals surface area contributed by atoms with E-state index in [-0.39, 0.29) is 0 Å². The average Bonchev–Trinajstić information content (AvgIpc) is 2.76. The van der Waals surface area contributed by atoms with Crippen molar-refractivity contribution in [1.82, 2.24) is 0 Å². The van der Waals surface area contributed by atoms with Crippen molar-refractivity contribution >= 4 is 11.6 Å². The van der Waals surface area contributed by atoms with Crippen LogP contribution in [-0.2, 0) is 6.42 Å². The summed E-state index contributed by atoms with van der Waals surface area (Å²) in [5.41, 5.74) is 2.09. The maximum Gasteiger partial charge on any atom is 0.193 e. The molecule has 0 radical (unpaired) electrons. The highest BCUT2D eigenvalue weighted by molar-refractivity contribution is 6.28. The van der Waals surface area contributed by atoms with E-state index >= 15 is 0 Å². The summed E-state index contributed by atoms with van der Waals surface area (Å²) >= 11 is 5.68. The van der Waals surface area contributed by atoms with Gasteiger partial charge >= 0.3 is 0 Å². The molecule has 0 saturated heterocycles. The lowest BCUT2D eigenvalue weighted by Gasteiger charge is -2.08. The summed E-state index contributed by atoms with van der Waals surface area (Å²) in [4.78, 5) is 0. The molecule has 3 heteroatoms. The van der Waals surface area contributed by atoms with Crippen molar-refractivity contribution < 1.29 is 9.52 Å². The molecule has 0 bridgehead atoms. The van der Waals surface area contributed by atoms with E-state index in [9.17, 15) is 5.11 Å². The number of benzene rings is 1. The molecule has 0 amide bonds. The van der Waals surface area contributed by atoms with Gasteiger partial charge in [-0.1, -0.05) is 37.6 Å². The van der Waals surface area contributed by atoms with Gasteiger partial charge in [0.25, 0.3) is 0 Å². The van der Waals surface area contributed by atoms with Crippen LogP contribution in [0.5, 0.6) is 0 Å². The van der Waals surface area contributed by atoms with Crippen molar-refractivity contribution in [2.24, 2.45) is 0 Å². The van der Waals surface area contributed by atoms with Crippen molar-refractivity contribution in [1.29, 1.82) is 0 Å². The molecule has 0 aliphatic rings. The van der Waals surface area contributed by atoms with E-state index in [2.05, 4.69) is 6.92 Å². The zero-order valence-electron chi connectivity index (χ0n) is 9.69. The Morgan fingerprint density at radius 1 is 1.18 bits per heavy atom. The first kappa shape index (κ1) is 12.2. The summed E-state index contributed by atoms with van der Waals surface area (Å²) in [7, 11) is 0. The molecule has 1 unspecified atom stereocenters. The largest absolute Gasteiger partial charge is 0.447 e. The lowest BCUT2D eigenvalue weighted by molar-refractivity contribution is 0.189. The van der Waals surface area contributed by atoms with Crippen molar-refractivity contribution in [3.05, 3.63) is 58.5 Å². The Morgan fingerprint density at radius 2 is 1.88 bits per heavy atom. The van der Waals surface area contributed by atoms with Gasteiger partial charge in [-0.05, 0) is 41.3 Å². The zero-order valence-corrected chi connectivity index (χ0v) is 10.4. The highest BCUT2D eigenvalue weighted by Crippen LogP contribution is 2.25. The topological polar surface area (TPSA) is 33.4 Å². The van der Waals surface area contributed by atoms with Crippen molar-refractivity contribution in [2.75, 3.05) is 0 Å². The number of aryl methyl sites for hydroxylation is 1. The quantitative estimate of drug-likeness (QED) is 0.891. The van der Waals surface area contributed by atoms with Crippen LogP contribution in [-0.4, -0.2) is 5.11 Å². The van der Waals surface area contributed by atoms with Gasteiger partial charge in [0.15, 0.2) is 5.22 Å². The predicted molar refractivity (Wildman–Crippen MR) is 68.2 cm³/mol. The van der Waals surface area contributed by atoms with Crippen LogP contribution in [0.15, 0.2) is 40.8 Å². The lowest BCUT2D eigenvalue weighted by atomic mass is 10.0. The van der Waals surface area contributed by atoms with Crippen LogP contribution in [0.4, 0.5) is 0 Å². The monoisotopic (exact) mass is 250 g/mol. The Kier molecular flexibility index (Phi) is 3.87. The molecule has 2 aromatic rings. The molecule has 0 fully saturated rings. The summed E-state index contributed by atoms with van der Waals surface area (Å²) in [5, 5.41) is 10.4. The minimum Gasteiger partial charge on any atom is -0.447 e. The Bertz CT molecular complexity index is 473. The number of furan rings is 1. The van der Waals surface area contributed by atoms with Gasteiger partial charge in [-0.2, -0.15) is 0 Å². The van der Waals surface area contributed by atoms with Crippen molar-refractivity contribution in [3.8, 4) is 0 Å². The predicted octanol–water partition coefficient (Wildman–Crippen LogP) is 3.97. The fourth-order valence-corrected chi connectivity index (χ4v) is 1.95. The van der Waals surface area contributed by atoms with Crippen LogP contribution in [0.25, 0.3) is 0 Å². The molecule has 1 N–H and O–H groups in total. The smallest absolute Gasteiger partial charge is 0.193 e. The first-order chi connectivity index (χ1) is 8.20. The molecule has 1 atom stereocenters. The third-order valence-corrected chi connectivity index (χ3v) is 2.90. The molecule has 0 aliphatic carbocycles. The van der Waals surface area contributed by atoms with E-state index < -0.39 is 6.10 Å². The van der Waals surface area contributed by atoms with Gasteiger partial charge in [0.05, 0.1) is 0 Å². The molecule has 0 spiro atoms. The van der Waals surface area contributed by atoms with E-state index in [1.807, 2.05) is 24.3 Å². The molecule has 1 aromatic heterocycles. The second-order valence-electron chi connectivity index (χ2n) is 4.04. The summed E-state index contributed by atoms with van der Waals surface area (Å²) in [6.07, 6.45) is 1.43. The molecule has 1 aromatic carbocycles. The molecule has 0 aliphatic heterocycles. The third kappa shape index (κ3) is 2.90. The number of rotatable bonds is 4. The molecular formula is C14H15ClO2. The van der Waals surface area contributed by atoms with Gasteiger partial charge in [0.1, 0.15) is 11.9 Å². The molecule has 2 rings (SSSR count). The lowest BCUT2D eigenvalue weighted by Crippen LogP contribution is -1.98. The van der Waals surface area contributed by atoms with Crippen LogP contribution in [0.1, 0.15) is 36.3 Å². The molecule has 2 nitrogen and oxygen atoms in total. The van der Waals surface area contributed by atoms with Gasteiger partial charge in [-0.25, -0.2) is 0 Å². The van der Waals surface area contributed by atoms with E-state index in [1.165, 1.54) is 5.56 Å². The third-order valence-electron chi connectivity index (χ3n) is 2.70. The van der Waals surface area contributed by atoms with Gasteiger partial charge in [0, 0.05) is 0 Å². The Labute approximate surface area is 106 Å². The second-order valence-corrected chi connectivity index (χ2v) is 4.41. The number of aliphatic hydroxyl groups excluding tert-OH is 1. The summed E-state index contributed by atoms with van der Waals surface area (Å²) < 4.78 is 5.19. The van der Waals surface area contributed by atoms with Crippen molar-refractivity contribution in [2.45, 2.75) is 25.9 Å². The highest BCUT2D eigenvalue weighted by Gasteiger charge is 2.14. The first-order valence-corrected chi connectivity index (χ1v) is 6.10. The molecule has 90 valence electrons. The first-order valence-electron chi connectivity index (χ1n) is 5.73.